The lowest BCUT2D eigenvalue weighted by Gasteiger charge is -2.42. The molecule has 2 saturated heterocycles. The predicted octanol–water partition coefficient (Wildman–Crippen LogP) is 4.00. The van der Waals surface area contributed by atoms with Gasteiger partial charge in [-0.1, -0.05) is 25.8 Å². The van der Waals surface area contributed by atoms with E-state index in [-0.39, 0.29) is 0 Å². The molecule has 2 rings (SSSR count). The van der Waals surface area contributed by atoms with Crippen molar-refractivity contribution in [3.8, 4) is 0 Å². The van der Waals surface area contributed by atoms with Gasteiger partial charge in [-0.3, -0.25) is 4.90 Å². The molecule has 0 amide bonds. The van der Waals surface area contributed by atoms with Crippen molar-refractivity contribution >= 4 is 0 Å². The zero-order valence-corrected chi connectivity index (χ0v) is 10.8. The minimum atomic E-state index is 0.822. The van der Waals surface area contributed by atoms with E-state index in [0.717, 1.165) is 18.0 Å². The standard InChI is InChI=1S/C15H27N/c1-3-5-8-13-10-11-14(7-4-2)16-12-6-9-15(13)16/h4,13-15H,2-3,5-12H2,1H3/t13-,14-,15+/m1/s1. The first kappa shape index (κ1) is 12.2. The summed E-state index contributed by atoms with van der Waals surface area (Å²) in [6.07, 6.45) is 13.4. The maximum atomic E-state index is 3.91. The SMILES string of the molecule is C=CC[C@@H]1CC[C@@H](CCCC)[C@@H]2CCCN12. The summed E-state index contributed by atoms with van der Waals surface area (Å²) in [5, 5.41) is 0. The number of hydrogen-bond donors (Lipinski definition) is 0. The summed E-state index contributed by atoms with van der Waals surface area (Å²) in [7, 11) is 0. The van der Waals surface area contributed by atoms with Crippen LogP contribution in [0.25, 0.3) is 0 Å². The summed E-state index contributed by atoms with van der Waals surface area (Å²) in [5.41, 5.74) is 0. The molecule has 0 saturated carbocycles. The minimum Gasteiger partial charge on any atom is -0.297 e. The predicted molar refractivity (Wildman–Crippen MR) is 70.6 cm³/mol. The molecule has 2 heterocycles. The normalized spacial score (nSPS) is 34.9. The zero-order valence-electron chi connectivity index (χ0n) is 10.8. The average molecular weight is 221 g/mol. The van der Waals surface area contributed by atoms with Crippen molar-refractivity contribution in [3.05, 3.63) is 12.7 Å². The van der Waals surface area contributed by atoms with Gasteiger partial charge in [0.2, 0.25) is 0 Å². The van der Waals surface area contributed by atoms with Gasteiger partial charge in [-0.2, -0.15) is 0 Å². The smallest absolute Gasteiger partial charge is 0.0133 e. The lowest BCUT2D eigenvalue weighted by atomic mass is 9.82. The zero-order chi connectivity index (χ0) is 11.4. The first-order valence-corrected chi connectivity index (χ1v) is 7.23. The van der Waals surface area contributed by atoms with Crippen LogP contribution in [0.3, 0.4) is 0 Å². The van der Waals surface area contributed by atoms with E-state index >= 15 is 0 Å². The molecule has 2 aliphatic rings. The second kappa shape index (κ2) is 5.86. The molecular weight excluding hydrogens is 194 g/mol. The van der Waals surface area contributed by atoms with E-state index in [0.29, 0.717) is 0 Å². The lowest BCUT2D eigenvalue weighted by molar-refractivity contribution is 0.0702. The highest BCUT2D eigenvalue weighted by atomic mass is 15.2. The Hall–Kier alpha value is -0.300. The van der Waals surface area contributed by atoms with E-state index in [4.69, 9.17) is 0 Å². The number of unbranched alkanes of at least 4 members (excludes halogenated alkanes) is 1. The van der Waals surface area contributed by atoms with Crippen molar-refractivity contribution in [2.75, 3.05) is 6.54 Å². The van der Waals surface area contributed by atoms with E-state index in [1.165, 1.54) is 57.9 Å². The van der Waals surface area contributed by atoms with Gasteiger partial charge in [-0.25, -0.2) is 0 Å². The molecule has 0 aromatic rings. The van der Waals surface area contributed by atoms with Crippen LogP contribution in [0.1, 0.15) is 58.3 Å². The highest BCUT2D eigenvalue weighted by Crippen LogP contribution is 2.38. The summed E-state index contributed by atoms with van der Waals surface area (Å²) >= 11 is 0. The van der Waals surface area contributed by atoms with Gasteiger partial charge < -0.3 is 0 Å². The topological polar surface area (TPSA) is 3.24 Å². The summed E-state index contributed by atoms with van der Waals surface area (Å²) in [4.78, 5) is 2.81. The van der Waals surface area contributed by atoms with Crippen LogP contribution in [-0.4, -0.2) is 23.5 Å². The largest absolute Gasteiger partial charge is 0.297 e. The van der Waals surface area contributed by atoms with E-state index in [1.807, 2.05) is 0 Å². The number of rotatable bonds is 5. The molecule has 0 radical (unpaired) electrons. The molecule has 1 nitrogen and oxygen atoms in total. The van der Waals surface area contributed by atoms with Crippen LogP contribution in [0, 0.1) is 5.92 Å². The Labute approximate surface area is 101 Å². The third kappa shape index (κ3) is 2.51. The molecule has 0 aliphatic carbocycles. The van der Waals surface area contributed by atoms with Crippen LogP contribution < -0.4 is 0 Å². The average Bonchev–Trinajstić information content (AvgIpc) is 2.78. The second-order valence-electron chi connectivity index (χ2n) is 5.61. The summed E-state index contributed by atoms with van der Waals surface area (Å²) in [6.45, 7) is 7.58. The van der Waals surface area contributed by atoms with Crippen molar-refractivity contribution in [2.24, 2.45) is 5.92 Å². The van der Waals surface area contributed by atoms with Crippen molar-refractivity contribution < 1.29 is 0 Å². The number of hydrogen-bond acceptors (Lipinski definition) is 1. The Morgan fingerprint density at radius 3 is 2.94 bits per heavy atom. The minimum absolute atomic E-state index is 0.822. The van der Waals surface area contributed by atoms with Gasteiger partial charge in [-0.15, -0.1) is 6.58 Å². The molecule has 2 aliphatic heterocycles. The molecule has 0 aromatic heterocycles. The molecule has 0 spiro atoms. The molecular formula is C15H27N. The monoisotopic (exact) mass is 221 g/mol. The van der Waals surface area contributed by atoms with Gasteiger partial charge in [0, 0.05) is 12.1 Å². The van der Waals surface area contributed by atoms with Crippen LogP contribution in [-0.2, 0) is 0 Å². The quantitative estimate of drug-likeness (QED) is 0.634. The fourth-order valence-electron chi connectivity index (χ4n) is 3.79. The number of fused-ring (bicyclic) bond motifs is 1. The Morgan fingerprint density at radius 1 is 1.31 bits per heavy atom. The third-order valence-electron chi connectivity index (χ3n) is 4.59. The van der Waals surface area contributed by atoms with Gasteiger partial charge in [0.25, 0.3) is 0 Å². The molecule has 92 valence electrons. The van der Waals surface area contributed by atoms with Gasteiger partial charge in [0.15, 0.2) is 0 Å². The second-order valence-corrected chi connectivity index (χ2v) is 5.61. The molecule has 3 atom stereocenters. The molecule has 0 bridgehead atoms. The van der Waals surface area contributed by atoms with Crippen LogP contribution >= 0.6 is 0 Å². The first-order valence-electron chi connectivity index (χ1n) is 7.23. The van der Waals surface area contributed by atoms with Gasteiger partial charge in [-0.05, 0) is 51.0 Å². The fraction of sp³-hybridized carbons (Fsp3) is 0.867. The van der Waals surface area contributed by atoms with Crippen LogP contribution in [0.15, 0.2) is 12.7 Å². The van der Waals surface area contributed by atoms with Gasteiger partial charge in [0.05, 0.1) is 0 Å². The van der Waals surface area contributed by atoms with Gasteiger partial charge >= 0.3 is 0 Å². The van der Waals surface area contributed by atoms with E-state index < -0.39 is 0 Å². The number of nitrogens with zero attached hydrogens (tertiary/aromatic N) is 1. The summed E-state index contributed by atoms with van der Waals surface area (Å²) < 4.78 is 0. The van der Waals surface area contributed by atoms with Crippen LogP contribution in [0.5, 0.6) is 0 Å². The third-order valence-corrected chi connectivity index (χ3v) is 4.59. The van der Waals surface area contributed by atoms with Crippen LogP contribution in [0.4, 0.5) is 0 Å². The molecule has 0 N–H and O–H groups in total. The Bertz CT molecular complexity index is 223. The highest BCUT2D eigenvalue weighted by Gasteiger charge is 2.38. The molecule has 16 heavy (non-hydrogen) atoms. The summed E-state index contributed by atoms with van der Waals surface area (Å²) in [6, 6.07) is 1.74. The fourth-order valence-corrected chi connectivity index (χ4v) is 3.79. The number of piperidine rings is 1. The van der Waals surface area contributed by atoms with E-state index in [9.17, 15) is 0 Å². The Balaban J connectivity index is 1.93. The maximum absolute atomic E-state index is 3.91. The highest BCUT2D eigenvalue weighted by molar-refractivity contribution is 4.95. The lowest BCUT2D eigenvalue weighted by Crippen LogP contribution is -2.47. The molecule has 0 unspecified atom stereocenters. The Kier molecular flexibility index (Phi) is 4.45. The molecule has 2 fully saturated rings. The van der Waals surface area contributed by atoms with Crippen molar-refractivity contribution in [2.45, 2.75) is 70.4 Å². The maximum Gasteiger partial charge on any atom is 0.0133 e. The van der Waals surface area contributed by atoms with E-state index in [1.54, 1.807) is 0 Å². The van der Waals surface area contributed by atoms with Crippen LogP contribution in [0.2, 0.25) is 0 Å². The van der Waals surface area contributed by atoms with Gasteiger partial charge in [0.1, 0.15) is 0 Å². The van der Waals surface area contributed by atoms with Crippen molar-refractivity contribution in [1.82, 2.24) is 4.90 Å². The molecule has 1 heteroatoms. The summed E-state index contributed by atoms with van der Waals surface area (Å²) in [5.74, 6) is 1.00. The first-order chi connectivity index (χ1) is 7.86. The van der Waals surface area contributed by atoms with E-state index in [2.05, 4.69) is 24.5 Å². The van der Waals surface area contributed by atoms with Crippen molar-refractivity contribution in [3.63, 3.8) is 0 Å². The molecule has 0 aromatic carbocycles. The van der Waals surface area contributed by atoms with Crippen molar-refractivity contribution in [1.29, 1.82) is 0 Å². The Morgan fingerprint density at radius 2 is 2.19 bits per heavy atom.